The van der Waals surface area contributed by atoms with Crippen LogP contribution in [0.3, 0.4) is 0 Å². The van der Waals surface area contributed by atoms with Gasteiger partial charge in [0.05, 0.1) is 0 Å². The summed E-state index contributed by atoms with van der Waals surface area (Å²) in [5, 5.41) is 0. The Hall–Kier alpha value is -0.780. The van der Waals surface area contributed by atoms with Crippen molar-refractivity contribution in [1.82, 2.24) is 0 Å². The third kappa shape index (κ3) is 13.2. The largest absolute Gasteiger partial charge is 0.103 e. The van der Waals surface area contributed by atoms with Crippen LogP contribution in [-0.2, 0) is 0 Å². The van der Waals surface area contributed by atoms with Crippen molar-refractivity contribution in [3.8, 4) is 0 Å². The third-order valence-corrected chi connectivity index (χ3v) is 2.72. The van der Waals surface area contributed by atoms with E-state index in [4.69, 9.17) is 0 Å². The van der Waals surface area contributed by atoms with Gasteiger partial charge in [-0.25, -0.2) is 0 Å². The minimum atomic E-state index is 1.15. The lowest BCUT2D eigenvalue weighted by molar-refractivity contribution is 0.622. The summed E-state index contributed by atoms with van der Waals surface area (Å²) in [4.78, 5) is 0. The first kappa shape index (κ1) is 15.2. The van der Waals surface area contributed by atoms with Crippen molar-refractivity contribution in [2.24, 2.45) is 0 Å². The number of rotatable bonds is 12. The third-order valence-electron chi connectivity index (χ3n) is 2.72. The molecule has 0 bridgehead atoms. The molecule has 0 atom stereocenters. The molecule has 0 nitrogen and oxygen atoms in total. The molecule has 0 aromatic heterocycles. The van der Waals surface area contributed by atoms with Gasteiger partial charge in [-0.3, -0.25) is 0 Å². The molecule has 16 heavy (non-hydrogen) atoms. The number of allylic oxidation sites excluding steroid dienone is 4. The van der Waals surface area contributed by atoms with E-state index in [0.717, 1.165) is 6.42 Å². The van der Waals surface area contributed by atoms with Crippen LogP contribution in [0.4, 0.5) is 0 Å². The zero-order chi connectivity index (χ0) is 11.9. The molecule has 0 aliphatic carbocycles. The van der Waals surface area contributed by atoms with Gasteiger partial charge >= 0.3 is 0 Å². The molecular weight excluding hydrogens is 192 g/mol. The predicted molar refractivity (Wildman–Crippen MR) is 75.7 cm³/mol. The number of unbranched alkanes of at least 4 members (excludes halogenated alkanes) is 8. The van der Waals surface area contributed by atoms with Crippen molar-refractivity contribution in [1.29, 1.82) is 0 Å². The van der Waals surface area contributed by atoms with Crippen molar-refractivity contribution in [3.05, 3.63) is 37.5 Å². The quantitative estimate of drug-likeness (QED) is 0.287. The Bertz CT molecular complexity index is 176. The zero-order valence-electron chi connectivity index (χ0n) is 10.8. The topological polar surface area (TPSA) is 0 Å². The molecule has 0 aliphatic heterocycles. The van der Waals surface area contributed by atoms with Gasteiger partial charge in [-0.05, 0) is 44.9 Å². The normalized spacial score (nSPS) is 10.8. The highest BCUT2D eigenvalue weighted by atomic mass is 13.9. The fraction of sp³-hybridized carbons (Fsp3) is 0.625. The van der Waals surface area contributed by atoms with Gasteiger partial charge in [-0.15, -0.1) is 13.2 Å². The Morgan fingerprint density at radius 3 is 1.56 bits per heavy atom. The first-order chi connectivity index (χ1) is 7.91. The van der Waals surface area contributed by atoms with Gasteiger partial charge in [0, 0.05) is 0 Å². The second kappa shape index (κ2) is 14.2. The smallest absolute Gasteiger partial charge is 0.0348 e. The lowest BCUT2D eigenvalue weighted by Gasteiger charge is -1.97. The van der Waals surface area contributed by atoms with Crippen molar-refractivity contribution in [2.45, 2.75) is 64.2 Å². The summed E-state index contributed by atoms with van der Waals surface area (Å²) in [6.45, 7) is 7.45. The highest BCUT2D eigenvalue weighted by Gasteiger charge is 1.88. The van der Waals surface area contributed by atoms with E-state index < -0.39 is 0 Å². The predicted octanol–water partition coefficient (Wildman–Crippen LogP) is 5.82. The van der Waals surface area contributed by atoms with Crippen molar-refractivity contribution in [3.63, 3.8) is 0 Å². The number of hydrogen-bond acceptors (Lipinski definition) is 0. The van der Waals surface area contributed by atoms with E-state index in [1.807, 2.05) is 12.2 Å². The highest BCUT2D eigenvalue weighted by molar-refractivity contribution is 4.82. The van der Waals surface area contributed by atoms with Gasteiger partial charge < -0.3 is 0 Å². The molecular formula is C16H28. The summed E-state index contributed by atoms with van der Waals surface area (Å²) in [5.74, 6) is 0. The molecule has 0 aliphatic rings. The second-order valence-corrected chi connectivity index (χ2v) is 4.32. The monoisotopic (exact) mass is 220 g/mol. The Kier molecular flexibility index (Phi) is 13.5. The molecule has 0 saturated carbocycles. The lowest BCUT2D eigenvalue weighted by atomic mass is 10.1. The Balaban J connectivity index is 3.02. The van der Waals surface area contributed by atoms with E-state index >= 15 is 0 Å². The average molecular weight is 220 g/mol. The van der Waals surface area contributed by atoms with Crippen LogP contribution in [0.2, 0.25) is 0 Å². The highest BCUT2D eigenvalue weighted by Crippen LogP contribution is 2.08. The van der Waals surface area contributed by atoms with Crippen LogP contribution < -0.4 is 0 Å². The molecule has 0 saturated heterocycles. The molecule has 0 aromatic carbocycles. The fourth-order valence-corrected chi connectivity index (χ4v) is 1.70. The van der Waals surface area contributed by atoms with Crippen LogP contribution in [0.25, 0.3) is 0 Å². The van der Waals surface area contributed by atoms with Gasteiger partial charge in [0.1, 0.15) is 0 Å². The van der Waals surface area contributed by atoms with E-state index in [0.29, 0.717) is 0 Å². The fourth-order valence-electron chi connectivity index (χ4n) is 1.70. The molecule has 0 N–H and O–H groups in total. The molecule has 92 valence electrons. The second-order valence-electron chi connectivity index (χ2n) is 4.32. The van der Waals surface area contributed by atoms with Gasteiger partial charge in [-0.2, -0.15) is 0 Å². The molecule has 0 spiro atoms. The summed E-state index contributed by atoms with van der Waals surface area (Å²) in [6.07, 6.45) is 21.5. The Morgan fingerprint density at radius 1 is 0.500 bits per heavy atom. The SMILES string of the molecule is C=CCCCC=CCCCCCCCC=C. The van der Waals surface area contributed by atoms with Crippen LogP contribution in [-0.4, -0.2) is 0 Å². The van der Waals surface area contributed by atoms with Gasteiger partial charge in [-0.1, -0.05) is 43.6 Å². The van der Waals surface area contributed by atoms with E-state index in [-0.39, 0.29) is 0 Å². The van der Waals surface area contributed by atoms with E-state index in [2.05, 4.69) is 25.3 Å². The van der Waals surface area contributed by atoms with E-state index in [1.54, 1.807) is 0 Å². The summed E-state index contributed by atoms with van der Waals surface area (Å²) in [5.41, 5.74) is 0. The first-order valence-electron chi connectivity index (χ1n) is 6.78. The summed E-state index contributed by atoms with van der Waals surface area (Å²) < 4.78 is 0. The van der Waals surface area contributed by atoms with Gasteiger partial charge in [0.2, 0.25) is 0 Å². The summed E-state index contributed by atoms with van der Waals surface area (Å²) in [7, 11) is 0. The van der Waals surface area contributed by atoms with Crippen LogP contribution in [0, 0.1) is 0 Å². The standard InChI is InChI=1S/C16H28/c1-3-5-7-9-11-13-15-16-14-12-10-8-6-4-2/h3-4,11,13H,1-2,5-10,12,14-16H2. The molecule has 0 fully saturated rings. The minimum Gasteiger partial charge on any atom is -0.103 e. The van der Waals surface area contributed by atoms with Crippen LogP contribution in [0.15, 0.2) is 37.5 Å². The molecule has 0 aromatic rings. The maximum atomic E-state index is 3.73. The Morgan fingerprint density at radius 2 is 0.938 bits per heavy atom. The minimum absolute atomic E-state index is 1.15. The number of hydrogen-bond donors (Lipinski definition) is 0. The first-order valence-corrected chi connectivity index (χ1v) is 6.78. The molecule has 0 rings (SSSR count). The van der Waals surface area contributed by atoms with Crippen LogP contribution >= 0.6 is 0 Å². The molecule has 0 heteroatoms. The zero-order valence-corrected chi connectivity index (χ0v) is 10.8. The van der Waals surface area contributed by atoms with Gasteiger partial charge in [0.15, 0.2) is 0 Å². The van der Waals surface area contributed by atoms with Crippen molar-refractivity contribution < 1.29 is 0 Å². The van der Waals surface area contributed by atoms with Gasteiger partial charge in [0.25, 0.3) is 0 Å². The van der Waals surface area contributed by atoms with E-state index in [1.165, 1.54) is 57.8 Å². The molecule has 0 amide bonds. The lowest BCUT2D eigenvalue weighted by Crippen LogP contribution is -1.78. The molecule has 0 unspecified atom stereocenters. The molecule has 0 heterocycles. The van der Waals surface area contributed by atoms with Crippen molar-refractivity contribution in [2.75, 3.05) is 0 Å². The van der Waals surface area contributed by atoms with E-state index in [9.17, 15) is 0 Å². The molecule has 0 radical (unpaired) electrons. The Labute approximate surface area is 102 Å². The van der Waals surface area contributed by atoms with Crippen LogP contribution in [0.1, 0.15) is 64.2 Å². The average Bonchev–Trinajstić information content (AvgIpc) is 2.31. The maximum Gasteiger partial charge on any atom is -0.0348 e. The summed E-state index contributed by atoms with van der Waals surface area (Å²) >= 11 is 0. The summed E-state index contributed by atoms with van der Waals surface area (Å²) in [6, 6.07) is 0. The van der Waals surface area contributed by atoms with Crippen molar-refractivity contribution >= 4 is 0 Å². The maximum absolute atomic E-state index is 3.73. The van der Waals surface area contributed by atoms with Crippen LogP contribution in [0.5, 0.6) is 0 Å².